The molecule has 0 aromatic heterocycles. The van der Waals surface area contributed by atoms with Crippen LogP contribution in [-0.4, -0.2) is 22.3 Å². The Morgan fingerprint density at radius 1 is 1.75 bits per heavy atom. The minimum atomic E-state index is -0.963. The Bertz CT molecular complexity index is 71.7. The van der Waals surface area contributed by atoms with Crippen molar-refractivity contribution >= 4 is 15.9 Å². The number of rotatable bonds is 2. The van der Waals surface area contributed by atoms with Crippen molar-refractivity contribution in [3.05, 3.63) is 0 Å². The molecule has 8 heavy (non-hydrogen) atoms. The van der Waals surface area contributed by atoms with Gasteiger partial charge in [0.05, 0.1) is 12.5 Å². The Balaban J connectivity index is 0. The van der Waals surface area contributed by atoms with Crippen LogP contribution < -0.4 is 0 Å². The smallest absolute Gasteiger partial charge is 0.305 e. The first-order valence-electron chi connectivity index (χ1n) is 2.03. The lowest BCUT2D eigenvalue weighted by Gasteiger charge is -1.94. The fraction of sp³-hybridized carbons (Fsp3) is 0.750. The van der Waals surface area contributed by atoms with E-state index in [-0.39, 0.29) is 16.3 Å². The van der Waals surface area contributed by atoms with Crippen molar-refractivity contribution in [1.29, 1.82) is 0 Å². The summed E-state index contributed by atoms with van der Waals surface area (Å²) < 4.78 is 0. The average molecular weight is 138 g/mol. The van der Waals surface area contributed by atoms with E-state index in [1.807, 2.05) is 0 Å². The summed E-state index contributed by atoms with van der Waals surface area (Å²) in [7, 11) is 0. The van der Waals surface area contributed by atoms with Crippen molar-refractivity contribution in [2.24, 2.45) is 0 Å². The van der Waals surface area contributed by atoms with Crippen LogP contribution in [0, 0.1) is 0 Å². The Morgan fingerprint density at radius 3 is 2.12 bits per heavy atom. The number of carboxylic acid groups (broad SMARTS) is 1. The fourth-order valence-electron chi connectivity index (χ4n) is 0.253. The minimum Gasteiger partial charge on any atom is -0.481 e. The molecular weight excluding hydrogens is 127 g/mol. The number of hydrogen-bond acceptors (Lipinski definition) is 2. The number of hydrogen-bond donors (Lipinski definition) is 2. The molecule has 0 saturated heterocycles. The van der Waals surface area contributed by atoms with Crippen LogP contribution >= 0.6 is 9.90 Å². The van der Waals surface area contributed by atoms with E-state index in [0.29, 0.717) is 0 Å². The number of aliphatic hydroxyl groups excluding tert-OH is 1. The molecule has 0 radical (unpaired) electrons. The summed E-state index contributed by atoms with van der Waals surface area (Å²) in [4.78, 5) is 9.65. The van der Waals surface area contributed by atoms with Crippen LogP contribution in [0.4, 0.5) is 0 Å². The molecule has 0 saturated carbocycles. The largest absolute Gasteiger partial charge is 0.481 e. The van der Waals surface area contributed by atoms with Gasteiger partial charge < -0.3 is 10.2 Å². The van der Waals surface area contributed by atoms with Gasteiger partial charge in [0.1, 0.15) is 0 Å². The van der Waals surface area contributed by atoms with Gasteiger partial charge in [-0.05, 0) is 6.92 Å². The van der Waals surface area contributed by atoms with Crippen molar-refractivity contribution in [2.45, 2.75) is 19.4 Å². The second-order valence-corrected chi connectivity index (χ2v) is 1.45. The van der Waals surface area contributed by atoms with Crippen molar-refractivity contribution in [3.63, 3.8) is 0 Å². The van der Waals surface area contributed by atoms with Gasteiger partial charge in [-0.1, -0.05) is 0 Å². The van der Waals surface area contributed by atoms with Crippen LogP contribution in [0.15, 0.2) is 0 Å². The summed E-state index contributed by atoms with van der Waals surface area (Å²) in [6.07, 6.45) is -0.891. The summed E-state index contributed by atoms with van der Waals surface area (Å²) in [6.45, 7) is 1.44. The molecule has 0 aliphatic rings. The maximum absolute atomic E-state index is 9.65. The van der Waals surface area contributed by atoms with Gasteiger partial charge in [0.25, 0.3) is 0 Å². The topological polar surface area (TPSA) is 57.5 Å². The molecule has 3 nitrogen and oxygen atoms in total. The highest BCUT2D eigenvalue weighted by Gasteiger charge is 2.00. The van der Waals surface area contributed by atoms with E-state index in [1.54, 1.807) is 0 Å². The summed E-state index contributed by atoms with van der Waals surface area (Å²) >= 11 is 0. The molecule has 0 fully saturated rings. The molecule has 4 heteroatoms. The lowest BCUT2D eigenvalue weighted by atomic mass is 10.3. The molecule has 0 aromatic rings. The third-order valence-electron chi connectivity index (χ3n) is 0.470. The monoisotopic (exact) mass is 138 g/mol. The standard InChI is InChI=1S/C4H8O3.H3P/c1-3(5)2-4(6)7;/h3,5H,2H2,1H3,(H,6,7);1H3. The van der Waals surface area contributed by atoms with E-state index in [1.165, 1.54) is 6.92 Å². The van der Waals surface area contributed by atoms with Gasteiger partial charge in [-0.3, -0.25) is 4.79 Å². The van der Waals surface area contributed by atoms with Gasteiger partial charge in [0.2, 0.25) is 0 Å². The Labute approximate surface area is 51.3 Å². The van der Waals surface area contributed by atoms with Crippen LogP contribution in [0.3, 0.4) is 0 Å². The highest BCUT2D eigenvalue weighted by Crippen LogP contribution is 1.85. The summed E-state index contributed by atoms with van der Waals surface area (Å²) in [5, 5.41) is 16.3. The molecule has 0 heterocycles. The molecule has 0 aliphatic carbocycles. The Morgan fingerprint density at radius 2 is 2.12 bits per heavy atom. The fourth-order valence-corrected chi connectivity index (χ4v) is 0.253. The molecule has 2 N–H and O–H groups in total. The van der Waals surface area contributed by atoms with E-state index in [4.69, 9.17) is 10.2 Å². The minimum absolute atomic E-state index is 0. The van der Waals surface area contributed by atoms with Crippen LogP contribution in [-0.2, 0) is 4.79 Å². The molecule has 0 rings (SSSR count). The molecule has 0 aromatic carbocycles. The van der Waals surface area contributed by atoms with Gasteiger partial charge >= 0.3 is 5.97 Å². The van der Waals surface area contributed by atoms with Gasteiger partial charge in [-0.2, -0.15) is 9.90 Å². The maximum atomic E-state index is 9.65. The lowest BCUT2D eigenvalue weighted by molar-refractivity contribution is -0.138. The van der Waals surface area contributed by atoms with E-state index in [2.05, 4.69) is 0 Å². The second kappa shape index (κ2) is 5.01. The second-order valence-electron chi connectivity index (χ2n) is 1.45. The van der Waals surface area contributed by atoms with Crippen molar-refractivity contribution in [3.8, 4) is 0 Å². The van der Waals surface area contributed by atoms with Crippen LogP contribution in [0.5, 0.6) is 0 Å². The van der Waals surface area contributed by atoms with Crippen molar-refractivity contribution < 1.29 is 15.0 Å². The zero-order chi connectivity index (χ0) is 5.86. The van der Waals surface area contributed by atoms with Crippen molar-refractivity contribution in [1.82, 2.24) is 0 Å². The highest BCUT2D eigenvalue weighted by molar-refractivity contribution is 6.92. The quantitative estimate of drug-likeness (QED) is 0.524. The van der Waals surface area contributed by atoms with E-state index in [0.717, 1.165) is 0 Å². The molecule has 0 aliphatic heterocycles. The molecule has 0 spiro atoms. The number of carboxylic acids is 1. The number of carbonyl (C=O) groups is 1. The summed E-state index contributed by atoms with van der Waals surface area (Å²) in [5.74, 6) is -0.963. The third kappa shape index (κ3) is 9.29. The zero-order valence-electron chi connectivity index (χ0n) is 4.79. The van der Waals surface area contributed by atoms with E-state index >= 15 is 0 Å². The molecule has 0 bridgehead atoms. The predicted octanol–water partition coefficient (Wildman–Crippen LogP) is -0.100. The first-order valence-corrected chi connectivity index (χ1v) is 2.03. The van der Waals surface area contributed by atoms with Gasteiger partial charge in [-0.15, -0.1) is 0 Å². The summed E-state index contributed by atoms with van der Waals surface area (Å²) in [5.41, 5.74) is 0. The van der Waals surface area contributed by atoms with E-state index < -0.39 is 12.1 Å². The third-order valence-corrected chi connectivity index (χ3v) is 0.470. The normalized spacial score (nSPS) is 11.8. The SMILES string of the molecule is CC(O)CC(=O)O.P. The average Bonchev–Trinajstić information content (AvgIpc) is 1.27. The Kier molecular flexibility index (Phi) is 6.74. The van der Waals surface area contributed by atoms with Gasteiger partial charge in [0, 0.05) is 0 Å². The first kappa shape index (κ1) is 10.8. The number of aliphatic hydroxyl groups is 1. The first-order chi connectivity index (χ1) is 3.13. The highest BCUT2D eigenvalue weighted by atomic mass is 31.0. The van der Waals surface area contributed by atoms with Crippen LogP contribution in [0.25, 0.3) is 0 Å². The summed E-state index contributed by atoms with van der Waals surface area (Å²) in [6, 6.07) is 0. The van der Waals surface area contributed by atoms with Crippen LogP contribution in [0.2, 0.25) is 0 Å². The molecule has 0 amide bonds. The van der Waals surface area contributed by atoms with E-state index in [9.17, 15) is 4.79 Å². The van der Waals surface area contributed by atoms with Gasteiger partial charge in [0.15, 0.2) is 0 Å². The molecular formula is C4H11O3P. The molecule has 2 unspecified atom stereocenters. The zero-order valence-corrected chi connectivity index (χ0v) is 6.21. The number of aliphatic carboxylic acids is 1. The van der Waals surface area contributed by atoms with Gasteiger partial charge in [-0.25, -0.2) is 0 Å². The predicted molar refractivity (Wildman–Crippen MR) is 35.0 cm³/mol. The lowest BCUT2D eigenvalue weighted by Crippen LogP contribution is -2.07. The van der Waals surface area contributed by atoms with Crippen molar-refractivity contribution in [2.75, 3.05) is 0 Å². The molecule has 2 atom stereocenters. The van der Waals surface area contributed by atoms with Crippen LogP contribution in [0.1, 0.15) is 13.3 Å². The Hall–Kier alpha value is -0.140. The maximum Gasteiger partial charge on any atom is 0.305 e. The molecule has 50 valence electrons.